The van der Waals surface area contributed by atoms with Crippen molar-refractivity contribution >= 4 is 0 Å². The average molecular weight is 139 g/mol. The minimum absolute atomic E-state index is 0.628. The highest BCUT2D eigenvalue weighted by Crippen LogP contribution is 2.24. The van der Waals surface area contributed by atoms with Gasteiger partial charge in [-0.25, -0.2) is 4.98 Å². The Morgan fingerprint density at radius 1 is 1.50 bits per heavy atom. The Hall–Kier alpha value is -0.990. The van der Waals surface area contributed by atoms with Crippen molar-refractivity contribution in [3.05, 3.63) is 11.6 Å². The van der Waals surface area contributed by atoms with Crippen molar-refractivity contribution in [1.29, 1.82) is 0 Å². The number of rotatable bonds is 0. The van der Waals surface area contributed by atoms with Gasteiger partial charge in [0.15, 0.2) is 5.89 Å². The summed E-state index contributed by atoms with van der Waals surface area (Å²) in [7, 11) is 0. The largest absolute Gasteiger partial charge is 0.464 e. The summed E-state index contributed by atoms with van der Waals surface area (Å²) in [6.45, 7) is 2.60. The van der Waals surface area contributed by atoms with Crippen LogP contribution in [-0.4, -0.2) is 11.6 Å². The third-order valence-electron chi connectivity index (χ3n) is 1.56. The molecular weight excluding hydrogens is 130 g/mol. The van der Waals surface area contributed by atoms with E-state index in [9.17, 15) is 0 Å². The summed E-state index contributed by atoms with van der Waals surface area (Å²) in [4.78, 5) is 4.16. The highest BCUT2D eigenvalue weighted by Gasteiger charge is 2.15. The van der Waals surface area contributed by atoms with E-state index >= 15 is 0 Å². The predicted octanol–water partition coefficient (Wildman–Crippen LogP) is 1.31. The van der Waals surface area contributed by atoms with Crippen molar-refractivity contribution in [2.45, 2.75) is 19.8 Å². The van der Waals surface area contributed by atoms with E-state index in [1.165, 1.54) is 0 Å². The molecule has 0 spiro atoms. The third kappa shape index (κ3) is 0.781. The summed E-state index contributed by atoms with van der Waals surface area (Å²) in [5, 5.41) is 0. The Bertz CT molecular complexity index is 218. The van der Waals surface area contributed by atoms with Crippen LogP contribution in [0.5, 0.6) is 5.95 Å². The average Bonchev–Trinajstić information content (AvgIpc) is 2.27. The number of hydrogen-bond donors (Lipinski definition) is 0. The molecule has 0 amide bonds. The maximum atomic E-state index is 5.22. The van der Waals surface area contributed by atoms with Crippen molar-refractivity contribution in [1.82, 2.24) is 4.98 Å². The zero-order valence-electron chi connectivity index (χ0n) is 5.89. The molecule has 0 aromatic carbocycles. The lowest BCUT2D eigenvalue weighted by Crippen LogP contribution is -2.06. The van der Waals surface area contributed by atoms with E-state index in [0.717, 1.165) is 25.1 Å². The molecule has 1 aromatic heterocycles. The summed E-state index contributed by atoms with van der Waals surface area (Å²) in [6.07, 6.45) is 2.05. The molecule has 1 aromatic rings. The number of oxazole rings is 1. The van der Waals surface area contributed by atoms with Gasteiger partial charge in [0.1, 0.15) is 5.69 Å². The summed E-state index contributed by atoms with van der Waals surface area (Å²) < 4.78 is 10.4. The molecule has 1 aliphatic heterocycles. The Labute approximate surface area is 59.0 Å². The van der Waals surface area contributed by atoms with Gasteiger partial charge in [-0.15, -0.1) is 0 Å². The molecule has 10 heavy (non-hydrogen) atoms. The number of aromatic nitrogens is 1. The fourth-order valence-corrected chi connectivity index (χ4v) is 1.13. The second kappa shape index (κ2) is 2.01. The minimum atomic E-state index is 0.628. The molecule has 0 fully saturated rings. The SMILES string of the molecule is Cc1nc2c(o1)OCCC2. The summed E-state index contributed by atoms with van der Waals surface area (Å²) in [5.41, 5.74) is 0.976. The Kier molecular flexibility index (Phi) is 1.16. The zero-order chi connectivity index (χ0) is 6.97. The van der Waals surface area contributed by atoms with Gasteiger partial charge in [-0.1, -0.05) is 0 Å². The Balaban J connectivity index is 2.41. The predicted molar refractivity (Wildman–Crippen MR) is 35.1 cm³/mol. The van der Waals surface area contributed by atoms with Crippen LogP contribution in [0.3, 0.4) is 0 Å². The first-order valence-electron chi connectivity index (χ1n) is 3.45. The lowest BCUT2D eigenvalue weighted by atomic mass is 10.2. The zero-order valence-corrected chi connectivity index (χ0v) is 5.89. The fraction of sp³-hybridized carbons (Fsp3) is 0.571. The molecule has 0 radical (unpaired) electrons. The minimum Gasteiger partial charge on any atom is -0.464 e. The number of aryl methyl sites for hydroxylation is 2. The second-order valence-corrected chi connectivity index (χ2v) is 2.42. The standard InChI is InChI=1S/C7H9NO2/c1-5-8-6-3-2-4-9-7(6)10-5/h2-4H2,1H3. The van der Waals surface area contributed by atoms with Crippen molar-refractivity contribution in [2.24, 2.45) is 0 Å². The third-order valence-corrected chi connectivity index (χ3v) is 1.56. The normalized spacial score (nSPS) is 16.1. The molecule has 2 heterocycles. The molecule has 3 heteroatoms. The van der Waals surface area contributed by atoms with Gasteiger partial charge in [0.2, 0.25) is 0 Å². The quantitative estimate of drug-likeness (QED) is 0.543. The summed E-state index contributed by atoms with van der Waals surface area (Å²) in [5.74, 6) is 1.33. The van der Waals surface area contributed by atoms with Gasteiger partial charge >= 0.3 is 5.95 Å². The van der Waals surface area contributed by atoms with Crippen LogP contribution < -0.4 is 4.74 Å². The fourth-order valence-electron chi connectivity index (χ4n) is 1.13. The van der Waals surface area contributed by atoms with E-state index in [-0.39, 0.29) is 0 Å². The highest BCUT2D eigenvalue weighted by molar-refractivity contribution is 5.17. The van der Waals surface area contributed by atoms with E-state index < -0.39 is 0 Å². The van der Waals surface area contributed by atoms with Crippen LogP contribution in [0.2, 0.25) is 0 Å². The smallest absolute Gasteiger partial charge is 0.308 e. The lowest BCUT2D eigenvalue weighted by Gasteiger charge is -2.08. The van der Waals surface area contributed by atoms with E-state index in [1.807, 2.05) is 6.92 Å². The van der Waals surface area contributed by atoms with Gasteiger partial charge in [-0.3, -0.25) is 0 Å². The van der Waals surface area contributed by atoms with Crippen molar-refractivity contribution in [3.8, 4) is 5.95 Å². The number of nitrogens with zero attached hydrogens (tertiary/aromatic N) is 1. The number of ether oxygens (including phenoxy) is 1. The maximum absolute atomic E-state index is 5.22. The van der Waals surface area contributed by atoms with Gasteiger partial charge in [-0.05, 0) is 6.42 Å². The summed E-state index contributed by atoms with van der Waals surface area (Å²) >= 11 is 0. The molecule has 0 bridgehead atoms. The Morgan fingerprint density at radius 2 is 2.40 bits per heavy atom. The molecule has 0 saturated carbocycles. The number of fused-ring (bicyclic) bond motifs is 1. The Morgan fingerprint density at radius 3 is 3.20 bits per heavy atom. The molecule has 1 aliphatic rings. The highest BCUT2D eigenvalue weighted by atomic mass is 16.6. The first-order chi connectivity index (χ1) is 4.86. The van der Waals surface area contributed by atoms with E-state index in [2.05, 4.69) is 4.98 Å². The van der Waals surface area contributed by atoms with E-state index in [4.69, 9.17) is 9.15 Å². The molecular formula is C7H9NO2. The van der Waals surface area contributed by atoms with Crippen LogP contribution in [0, 0.1) is 6.92 Å². The van der Waals surface area contributed by atoms with Crippen molar-refractivity contribution in [3.63, 3.8) is 0 Å². The van der Waals surface area contributed by atoms with Gasteiger partial charge in [0.05, 0.1) is 6.61 Å². The molecule has 2 rings (SSSR count). The van der Waals surface area contributed by atoms with E-state index in [0.29, 0.717) is 11.8 Å². The van der Waals surface area contributed by atoms with Crippen molar-refractivity contribution < 1.29 is 9.15 Å². The molecule has 54 valence electrons. The van der Waals surface area contributed by atoms with E-state index in [1.54, 1.807) is 0 Å². The molecule has 3 nitrogen and oxygen atoms in total. The molecule has 0 atom stereocenters. The topological polar surface area (TPSA) is 35.3 Å². The van der Waals surface area contributed by atoms with Gasteiger partial charge in [0.25, 0.3) is 0 Å². The van der Waals surface area contributed by atoms with Crippen LogP contribution >= 0.6 is 0 Å². The number of hydrogen-bond acceptors (Lipinski definition) is 3. The van der Waals surface area contributed by atoms with Gasteiger partial charge < -0.3 is 9.15 Å². The lowest BCUT2D eigenvalue weighted by molar-refractivity contribution is 0.217. The van der Waals surface area contributed by atoms with Crippen LogP contribution in [0.1, 0.15) is 18.0 Å². The molecule has 0 N–H and O–H groups in total. The first-order valence-corrected chi connectivity index (χ1v) is 3.45. The molecule has 0 aliphatic carbocycles. The van der Waals surface area contributed by atoms with Crippen LogP contribution in [-0.2, 0) is 6.42 Å². The molecule has 0 unspecified atom stereocenters. The van der Waals surface area contributed by atoms with Crippen molar-refractivity contribution in [2.75, 3.05) is 6.61 Å². The second-order valence-electron chi connectivity index (χ2n) is 2.42. The van der Waals surface area contributed by atoms with Gasteiger partial charge in [-0.2, -0.15) is 0 Å². The monoisotopic (exact) mass is 139 g/mol. The summed E-state index contributed by atoms with van der Waals surface area (Å²) in [6, 6.07) is 0. The van der Waals surface area contributed by atoms with Crippen LogP contribution in [0.15, 0.2) is 4.42 Å². The van der Waals surface area contributed by atoms with Crippen LogP contribution in [0.4, 0.5) is 0 Å². The first kappa shape index (κ1) is 5.77. The van der Waals surface area contributed by atoms with Gasteiger partial charge in [0, 0.05) is 13.3 Å². The van der Waals surface area contributed by atoms with Crippen LogP contribution in [0.25, 0.3) is 0 Å². The maximum Gasteiger partial charge on any atom is 0.308 e. The molecule has 0 saturated heterocycles.